The van der Waals surface area contributed by atoms with Gasteiger partial charge < -0.3 is 4.90 Å². The van der Waals surface area contributed by atoms with Gasteiger partial charge in [0.25, 0.3) is 0 Å². The maximum atomic E-state index is 12.1. The summed E-state index contributed by atoms with van der Waals surface area (Å²) in [5.41, 5.74) is 0.884. The van der Waals surface area contributed by atoms with E-state index >= 15 is 0 Å². The number of hydrogen-bond donors (Lipinski definition) is 0. The van der Waals surface area contributed by atoms with Crippen LogP contribution in [0.2, 0.25) is 0 Å². The SMILES string of the molecule is CCCCS(=O)(=O)N1CCN(c2ccc(C)nn2)CC1. The van der Waals surface area contributed by atoms with Crippen LogP contribution in [0.25, 0.3) is 0 Å². The Bertz CT molecular complexity index is 522. The largest absolute Gasteiger partial charge is 0.352 e. The molecule has 0 aromatic carbocycles. The van der Waals surface area contributed by atoms with E-state index in [0.29, 0.717) is 26.2 Å². The van der Waals surface area contributed by atoms with Crippen LogP contribution < -0.4 is 4.90 Å². The molecule has 0 bridgehead atoms. The molecule has 112 valence electrons. The molecule has 2 rings (SSSR count). The first-order valence-electron chi connectivity index (χ1n) is 7.06. The van der Waals surface area contributed by atoms with Crippen molar-refractivity contribution in [3.05, 3.63) is 17.8 Å². The molecule has 0 radical (unpaired) electrons. The number of nitrogens with zero attached hydrogens (tertiary/aromatic N) is 4. The van der Waals surface area contributed by atoms with E-state index in [1.54, 1.807) is 4.31 Å². The van der Waals surface area contributed by atoms with Crippen molar-refractivity contribution in [2.45, 2.75) is 26.7 Å². The molecular formula is C13H22N4O2S. The van der Waals surface area contributed by atoms with Gasteiger partial charge >= 0.3 is 0 Å². The highest BCUT2D eigenvalue weighted by Crippen LogP contribution is 2.15. The van der Waals surface area contributed by atoms with Crippen molar-refractivity contribution in [3.63, 3.8) is 0 Å². The molecule has 1 saturated heterocycles. The topological polar surface area (TPSA) is 66.4 Å². The fourth-order valence-corrected chi connectivity index (χ4v) is 3.84. The zero-order valence-electron chi connectivity index (χ0n) is 12.1. The molecule has 2 heterocycles. The van der Waals surface area contributed by atoms with Crippen molar-refractivity contribution in [1.29, 1.82) is 0 Å². The van der Waals surface area contributed by atoms with Crippen molar-refractivity contribution in [1.82, 2.24) is 14.5 Å². The summed E-state index contributed by atoms with van der Waals surface area (Å²) in [6.45, 7) is 6.30. The normalized spacial score (nSPS) is 17.4. The van der Waals surface area contributed by atoms with Gasteiger partial charge in [-0.15, -0.1) is 5.10 Å². The third-order valence-electron chi connectivity index (χ3n) is 3.50. The lowest BCUT2D eigenvalue weighted by molar-refractivity contribution is 0.383. The monoisotopic (exact) mass is 298 g/mol. The molecule has 1 aliphatic heterocycles. The Balaban J connectivity index is 1.93. The number of rotatable bonds is 5. The van der Waals surface area contributed by atoms with Gasteiger partial charge in [-0.3, -0.25) is 0 Å². The van der Waals surface area contributed by atoms with E-state index in [-0.39, 0.29) is 5.75 Å². The van der Waals surface area contributed by atoms with Crippen LogP contribution in [0.15, 0.2) is 12.1 Å². The smallest absolute Gasteiger partial charge is 0.214 e. The predicted molar refractivity (Wildman–Crippen MR) is 79.2 cm³/mol. The summed E-state index contributed by atoms with van der Waals surface area (Å²) in [5.74, 6) is 1.08. The minimum atomic E-state index is -3.09. The van der Waals surface area contributed by atoms with Crippen LogP contribution >= 0.6 is 0 Å². The van der Waals surface area contributed by atoms with Crippen LogP contribution in [0, 0.1) is 6.92 Å². The molecule has 1 aromatic rings. The summed E-state index contributed by atoms with van der Waals surface area (Å²) in [5, 5.41) is 8.19. The highest BCUT2D eigenvalue weighted by atomic mass is 32.2. The lowest BCUT2D eigenvalue weighted by Gasteiger charge is -2.34. The van der Waals surface area contributed by atoms with Gasteiger partial charge in [0.1, 0.15) is 0 Å². The van der Waals surface area contributed by atoms with Gasteiger partial charge in [-0.05, 0) is 25.5 Å². The molecule has 0 atom stereocenters. The lowest BCUT2D eigenvalue weighted by Crippen LogP contribution is -2.49. The highest BCUT2D eigenvalue weighted by Gasteiger charge is 2.26. The Kier molecular flexibility index (Phi) is 4.93. The van der Waals surface area contributed by atoms with Gasteiger partial charge in [0, 0.05) is 26.2 Å². The van der Waals surface area contributed by atoms with Crippen molar-refractivity contribution in [2.24, 2.45) is 0 Å². The highest BCUT2D eigenvalue weighted by molar-refractivity contribution is 7.89. The standard InChI is InChI=1S/C13H22N4O2S/c1-3-4-11-20(18,19)17-9-7-16(8-10-17)13-6-5-12(2)14-15-13/h5-6H,3-4,7-11H2,1-2H3. The molecule has 0 unspecified atom stereocenters. The Morgan fingerprint density at radius 2 is 1.85 bits per heavy atom. The molecule has 0 saturated carbocycles. The molecule has 1 aliphatic rings. The van der Waals surface area contributed by atoms with E-state index in [2.05, 4.69) is 15.1 Å². The fraction of sp³-hybridized carbons (Fsp3) is 0.692. The Hall–Kier alpha value is -1.21. The number of piperazine rings is 1. The molecule has 0 N–H and O–H groups in total. The zero-order chi connectivity index (χ0) is 14.6. The summed E-state index contributed by atoms with van der Waals surface area (Å²) in [6, 6.07) is 3.86. The second kappa shape index (κ2) is 6.49. The van der Waals surface area contributed by atoms with Crippen molar-refractivity contribution < 1.29 is 8.42 Å². The first kappa shape index (κ1) is 15.2. The fourth-order valence-electron chi connectivity index (χ4n) is 2.21. The molecule has 20 heavy (non-hydrogen) atoms. The number of anilines is 1. The van der Waals surface area contributed by atoms with Gasteiger partial charge in [0.05, 0.1) is 11.4 Å². The average Bonchev–Trinajstić information content (AvgIpc) is 2.46. The van der Waals surface area contributed by atoms with Crippen LogP contribution in [-0.2, 0) is 10.0 Å². The number of hydrogen-bond acceptors (Lipinski definition) is 5. The number of sulfonamides is 1. The van der Waals surface area contributed by atoms with Crippen LogP contribution in [0.4, 0.5) is 5.82 Å². The van der Waals surface area contributed by atoms with Crippen LogP contribution in [-0.4, -0.2) is 54.9 Å². The van der Waals surface area contributed by atoms with Crippen molar-refractivity contribution in [2.75, 3.05) is 36.8 Å². The third-order valence-corrected chi connectivity index (χ3v) is 5.45. The maximum Gasteiger partial charge on any atom is 0.214 e. The van der Waals surface area contributed by atoms with Gasteiger partial charge in [-0.1, -0.05) is 13.3 Å². The van der Waals surface area contributed by atoms with E-state index in [1.807, 2.05) is 26.0 Å². The van der Waals surface area contributed by atoms with Gasteiger partial charge in [-0.25, -0.2) is 8.42 Å². The van der Waals surface area contributed by atoms with E-state index in [9.17, 15) is 8.42 Å². The van der Waals surface area contributed by atoms with Crippen molar-refractivity contribution >= 4 is 15.8 Å². The van der Waals surface area contributed by atoms with Crippen LogP contribution in [0.5, 0.6) is 0 Å². The first-order valence-corrected chi connectivity index (χ1v) is 8.67. The summed E-state index contributed by atoms with van der Waals surface area (Å²) < 4.78 is 25.8. The molecule has 0 spiro atoms. The van der Waals surface area contributed by atoms with Gasteiger partial charge in [0.15, 0.2) is 5.82 Å². The zero-order valence-corrected chi connectivity index (χ0v) is 12.9. The minimum Gasteiger partial charge on any atom is -0.352 e. The van der Waals surface area contributed by atoms with E-state index < -0.39 is 10.0 Å². The molecule has 0 amide bonds. The number of aryl methyl sites for hydroxylation is 1. The van der Waals surface area contributed by atoms with Crippen LogP contribution in [0.3, 0.4) is 0 Å². The average molecular weight is 298 g/mol. The number of aromatic nitrogens is 2. The summed E-state index contributed by atoms with van der Waals surface area (Å²) >= 11 is 0. The van der Waals surface area contributed by atoms with E-state index in [0.717, 1.165) is 24.4 Å². The predicted octanol–water partition coefficient (Wildman–Crippen LogP) is 1.04. The third kappa shape index (κ3) is 3.67. The Morgan fingerprint density at radius 1 is 1.15 bits per heavy atom. The second-order valence-electron chi connectivity index (χ2n) is 5.09. The second-order valence-corrected chi connectivity index (χ2v) is 7.18. The molecule has 6 nitrogen and oxygen atoms in total. The van der Waals surface area contributed by atoms with Crippen LogP contribution in [0.1, 0.15) is 25.5 Å². The van der Waals surface area contributed by atoms with Gasteiger partial charge in [-0.2, -0.15) is 9.40 Å². The first-order chi connectivity index (χ1) is 9.53. The molecule has 0 aliphatic carbocycles. The molecule has 7 heteroatoms. The Labute approximate surface area is 120 Å². The molecule has 1 aromatic heterocycles. The molecular weight excluding hydrogens is 276 g/mol. The van der Waals surface area contributed by atoms with Gasteiger partial charge in [0.2, 0.25) is 10.0 Å². The molecule has 1 fully saturated rings. The summed E-state index contributed by atoms with van der Waals surface area (Å²) in [7, 11) is -3.09. The van der Waals surface area contributed by atoms with E-state index in [1.165, 1.54) is 0 Å². The number of unbranched alkanes of at least 4 members (excludes halogenated alkanes) is 1. The Morgan fingerprint density at radius 3 is 2.40 bits per heavy atom. The maximum absolute atomic E-state index is 12.1. The summed E-state index contributed by atoms with van der Waals surface area (Å²) in [6.07, 6.45) is 1.63. The quantitative estimate of drug-likeness (QED) is 0.812. The lowest BCUT2D eigenvalue weighted by atomic mass is 10.3. The van der Waals surface area contributed by atoms with Crippen molar-refractivity contribution in [3.8, 4) is 0 Å². The summed E-state index contributed by atoms with van der Waals surface area (Å²) in [4.78, 5) is 2.08. The minimum absolute atomic E-state index is 0.258. The van der Waals surface area contributed by atoms with E-state index in [4.69, 9.17) is 0 Å².